The van der Waals surface area contributed by atoms with E-state index in [9.17, 15) is 13.2 Å². The number of rotatable bonds is 7. The molecule has 134 valence electrons. The van der Waals surface area contributed by atoms with Crippen molar-refractivity contribution in [3.8, 4) is 5.75 Å². The highest BCUT2D eigenvalue weighted by molar-refractivity contribution is 7.89. The number of hydrogen-bond donors (Lipinski definition) is 0. The molecule has 0 amide bonds. The van der Waals surface area contributed by atoms with Crippen LogP contribution < -0.4 is 4.74 Å². The predicted octanol–water partition coefficient (Wildman–Crippen LogP) is 3.67. The van der Waals surface area contributed by atoms with E-state index in [1.807, 2.05) is 31.2 Å². The molecule has 1 unspecified atom stereocenters. The molecule has 2 rings (SSSR count). The van der Waals surface area contributed by atoms with E-state index in [-0.39, 0.29) is 16.7 Å². The van der Waals surface area contributed by atoms with Crippen LogP contribution in [0, 0.1) is 0 Å². The summed E-state index contributed by atoms with van der Waals surface area (Å²) in [6.07, 6.45) is 0. The highest BCUT2D eigenvalue weighted by Gasteiger charge is 2.29. The van der Waals surface area contributed by atoms with Gasteiger partial charge in [-0.25, -0.2) is 8.42 Å². The Hall–Kier alpha value is -2.18. The first-order valence-corrected chi connectivity index (χ1v) is 9.52. The Bertz CT molecular complexity index is 861. The van der Waals surface area contributed by atoms with Crippen LogP contribution in [0.3, 0.4) is 0 Å². The molecule has 0 saturated heterocycles. The topological polar surface area (TPSA) is 63.7 Å². The Morgan fingerprint density at radius 2 is 1.84 bits per heavy atom. The van der Waals surface area contributed by atoms with Crippen LogP contribution in [0.2, 0.25) is 0 Å². The summed E-state index contributed by atoms with van der Waals surface area (Å²) >= 11 is 0. The van der Waals surface area contributed by atoms with Crippen LogP contribution in [0.4, 0.5) is 0 Å². The van der Waals surface area contributed by atoms with Crippen LogP contribution in [-0.4, -0.2) is 32.2 Å². The molecule has 0 bridgehead atoms. The molecule has 0 aliphatic heterocycles. The lowest BCUT2D eigenvalue weighted by molar-refractivity contribution is 0.101. The normalized spacial score (nSPS) is 12.8. The number of ether oxygens (including phenoxy) is 1. The first kappa shape index (κ1) is 19.1. The number of ketones is 1. The lowest BCUT2D eigenvalue weighted by atomic mass is 10.1. The highest BCUT2D eigenvalue weighted by atomic mass is 32.2. The molecule has 25 heavy (non-hydrogen) atoms. The van der Waals surface area contributed by atoms with Gasteiger partial charge in [0.05, 0.1) is 12.0 Å². The minimum Gasteiger partial charge on any atom is -0.497 e. The summed E-state index contributed by atoms with van der Waals surface area (Å²) in [6, 6.07) is 13.1. The van der Waals surface area contributed by atoms with E-state index < -0.39 is 10.0 Å². The monoisotopic (exact) mass is 361 g/mol. The number of nitrogens with zero attached hydrogens (tertiary/aromatic N) is 1. The van der Waals surface area contributed by atoms with Gasteiger partial charge in [0.25, 0.3) is 0 Å². The summed E-state index contributed by atoms with van der Waals surface area (Å²) in [4.78, 5) is 11.7. The van der Waals surface area contributed by atoms with Gasteiger partial charge in [0, 0.05) is 18.2 Å². The second-order valence-corrected chi connectivity index (χ2v) is 7.64. The molecule has 0 aliphatic rings. The van der Waals surface area contributed by atoms with Crippen LogP contribution in [0.15, 0.2) is 53.4 Å². The first-order chi connectivity index (χ1) is 11.8. The molecule has 1 atom stereocenters. The van der Waals surface area contributed by atoms with Crippen molar-refractivity contribution in [1.29, 1.82) is 0 Å². The minimum atomic E-state index is -3.73. The number of carbonyl (C=O) groups excluding carboxylic acids is 1. The van der Waals surface area contributed by atoms with Crippen LogP contribution in [-0.2, 0) is 10.0 Å². The van der Waals surface area contributed by atoms with E-state index in [0.29, 0.717) is 17.9 Å². The quantitative estimate of drug-likeness (QED) is 0.706. The summed E-state index contributed by atoms with van der Waals surface area (Å²) in [5.41, 5.74) is 1.22. The van der Waals surface area contributed by atoms with Crippen molar-refractivity contribution >= 4 is 15.8 Å². The maximum atomic E-state index is 13.1. The summed E-state index contributed by atoms with van der Waals surface area (Å²) in [7, 11) is -2.16. The molecular formula is C19H23NO4S. The molecule has 0 radical (unpaired) electrons. The summed E-state index contributed by atoms with van der Waals surface area (Å²) < 4.78 is 32.8. The molecule has 6 heteroatoms. The Morgan fingerprint density at radius 3 is 2.44 bits per heavy atom. The smallest absolute Gasteiger partial charge is 0.243 e. The lowest BCUT2D eigenvalue weighted by Crippen LogP contribution is -2.33. The van der Waals surface area contributed by atoms with Gasteiger partial charge in [0.2, 0.25) is 10.0 Å². The Morgan fingerprint density at radius 1 is 1.16 bits per heavy atom. The number of benzene rings is 2. The molecule has 0 aromatic heterocycles. The average Bonchev–Trinajstić information content (AvgIpc) is 2.62. The van der Waals surface area contributed by atoms with E-state index in [4.69, 9.17) is 4.74 Å². The van der Waals surface area contributed by atoms with Gasteiger partial charge < -0.3 is 4.74 Å². The van der Waals surface area contributed by atoms with Gasteiger partial charge in [-0.15, -0.1) is 0 Å². The summed E-state index contributed by atoms with van der Waals surface area (Å²) in [5, 5.41) is 0. The predicted molar refractivity (Wildman–Crippen MR) is 97.4 cm³/mol. The van der Waals surface area contributed by atoms with Gasteiger partial charge in [-0.1, -0.05) is 31.2 Å². The first-order valence-electron chi connectivity index (χ1n) is 8.08. The largest absolute Gasteiger partial charge is 0.497 e. The summed E-state index contributed by atoms with van der Waals surface area (Å²) in [5.74, 6) is 0.511. The van der Waals surface area contributed by atoms with E-state index in [1.54, 1.807) is 26.2 Å². The zero-order valence-electron chi connectivity index (χ0n) is 14.9. The third-order valence-corrected chi connectivity index (χ3v) is 6.21. The Labute approximate surface area is 149 Å². The SMILES string of the molecule is CCN(C(C)c1cccc(OC)c1)S(=O)(=O)c1cccc(C(C)=O)c1. The lowest BCUT2D eigenvalue weighted by Gasteiger charge is -2.28. The van der Waals surface area contributed by atoms with Crippen molar-refractivity contribution in [3.05, 3.63) is 59.7 Å². The highest BCUT2D eigenvalue weighted by Crippen LogP contribution is 2.29. The maximum Gasteiger partial charge on any atom is 0.243 e. The number of hydrogen-bond acceptors (Lipinski definition) is 4. The zero-order chi connectivity index (χ0) is 18.6. The van der Waals surface area contributed by atoms with Crippen LogP contribution in [0.1, 0.15) is 42.7 Å². The second-order valence-electron chi connectivity index (χ2n) is 5.74. The third-order valence-electron chi connectivity index (χ3n) is 4.17. The molecular weight excluding hydrogens is 338 g/mol. The van der Waals surface area contributed by atoms with E-state index in [2.05, 4.69) is 0 Å². The number of methoxy groups -OCH3 is 1. The van der Waals surface area contributed by atoms with Crippen molar-refractivity contribution in [1.82, 2.24) is 4.31 Å². The van der Waals surface area contributed by atoms with Crippen molar-refractivity contribution in [3.63, 3.8) is 0 Å². The van der Waals surface area contributed by atoms with Crippen LogP contribution >= 0.6 is 0 Å². The van der Waals surface area contributed by atoms with Gasteiger partial charge in [-0.3, -0.25) is 4.79 Å². The molecule has 0 heterocycles. The Balaban J connectivity index is 2.44. The van der Waals surface area contributed by atoms with Gasteiger partial charge >= 0.3 is 0 Å². The molecule has 0 fully saturated rings. The molecule has 5 nitrogen and oxygen atoms in total. The van der Waals surface area contributed by atoms with Crippen molar-refractivity contribution in [2.24, 2.45) is 0 Å². The number of carbonyl (C=O) groups is 1. The van der Waals surface area contributed by atoms with Crippen molar-refractivity contribution in [2.75, 3.05) is 13.7 Å². The minimum absolute atomic E-state index is 0.122. The van der Waals surface area contributed by atoms with E-state index in [1.165, 1.54) is 23.4 Å². The van der Waals surface area contributed by atoms with Crippen LogP contribution in [0.5, 0.6) is 5.75 Å². The van der Waals surface area contributed by atoms with Crippen LogP contribution in [0.25, 0.3) is 0 Å². The second kappa shape index (κ2) is 7.80. The molecule has 2 aromatic rings. The third kappa shape index (κ3) is 4.08. The average molecular weight is 361 g/mol. The van der Waals surface area contributed by atoms with Gasteiger partial charge in [-0.05, 0) is 43.7 Å². The fraction of sp³-hybridized carbons (Fsp3) is 0.316. The van der Waals surface area contributed by atoms with Gasteiger partial charge in [0.15, 0.2) is 5.78 Å². The fourth-order valence-electron chi connectivity index (χ4n) is 2.73. The fourth-order valence-corrected chi connectivity index (χ4v) is 4.41. The van der Waals surface area contributed by atoms with Gasteiger partial charge in [-0.2, -0.15) is 4.31 Å². The molecule has 0 spiro atoms. The van der Waals surface area contributed by atoms with Crippen molar-refractivity contribution < 1.29 is 17.9 Å². The Kier molecular flexibility index (Phi) is 5.98. The zero-order valence-corrected chi connectivity index (χ0v) is 15.7. The van der Waals surface area contributed by atoms with Crippen molar-refractivity contribution in [2.45, 2.75) is 31.7 Å². The maximum absolute atomic E-state index is 13.1. The number of sulfonamides is 1. The standard InChI is InChI=1S/C19H23NO4S/c1-5-20(14(2)16-8-6-10-18(12-16)24-4)25(22,23)19-11-7-9-17(13-19)15(3)21/h6-14H,5H2,1-4H3. The number of Topliss-reactive ketones (excluding diaryl/α,β-unsaturated/α-hetero) is 1. The summed E-state index contributed by atoms with van der Waals surface area (Å²) in [6.45, 7) is 5.36. The molecule has 0 saturated carbocycles. The molecule has 0 N–H and O–H groups in total. The van der Waals surface area contributed by atoms with E-state index >= 15 is 0 Å². The van der Waals surface area contributed by atoms with Gasteiger partial charge in [0.1, 0.15) is 5.75 Å². The molecule has 2 aromatic carbocycles. The van der Waals surface area contributed by atoms with E-state index in [0.717, 1.165) is 5.56 Å². The molecule has 0 aliphatic carbocycles.